The van der Waals surface area contributed by atoms with E-state index in [9.17, 15) is 9.59 Å². The topological polar surface area (TPSA) is 110 Å². The molecule has 2 N–H and O–H groups in total. The molecule has 2 rings (SSSR count). The maximum atomic E-state index is 12.0. The lowest BCUT2D eigenvalue weighted by Crippen LogP contribution is -2.24. The summed E-state index contributed by atoms with van der Waals surface area (Å²) < 4.78 is 15.4. The van der Waals surface area contributed by atoms with Crippen LogP contribution in [0, 0.1) is 11.3 Å². The SMILES string of the molecule is COc1ccc(NC(=O)COCC(=O)Nc2ccc(C#N)cc2)c(OC)c1. The lowest BCUT2D eigenvalue weighted by Gasteiger charge is -2.12. The van der Waals surface area contributed by atoms with Gasteiger partial charge in [0.1, 0.15) is 24.7 Å². The average molecular weight is 369 g/mol. The Kier molecular flexibility index (Phi) is 7.16. The Hall–Kier alpha value is -3.57. The predicted octanol–water partition coefficient (Wildman–Crippen LogP) is 2.17. The molecule has 0 fully saturated rings. The number of carbonyl (C=O) groups excluding carboxylic acids is 2. The highest BCUT2D eigenvalue weighted by atomic mass is 16.5. The van der Waals surface area contributed by atoms with Crippen LogP contribution in [-0.4, -0.2) is 39.2 Å². The largest absolute Gasteiger partial charge is 0.497 e. The van der Waals surface area contributed by atoms with E-state index in [0.29, 0.717) is 28.4 Å². The van der Waals surface area contributed by atoms with Crippen molar-refractivity contribution in [2.45, 2.75) is 0 Å². The van der Waals surface area contributed by atoms with Crippen LogP contribution in [0.2, 0.25) is 0 Å². The quantitative estimate of drug-likeness (QED) is 0.738. The molecule has 2 aromatic carbocycles. The van der Waals surface area contributed by atoms with Crippen LogP contribution in [0.1, 0.15) is 5.56 Å². The molecule has 27 heavy (non-hydrogen) atoms. The number of ether oxygens (including phenoxy) is 3. The summed E-state index contributed by atoms with van der Waals surface area (Å²) in [6.07, 6.45) is 0. The van der Waals surface area contributed by atoms with Crippen molar-refractivity contribution in [3.8, 4) is 17.6 Å². The third-order valence-corrected chi connectivity index (χ3v) is 3.45. The van der Waals surface area contributed by atoms with Crippen LogP contribution in [-0.2, 0) is 14.3 Å². The molecule has 0 saturated heterocycles. The van der Waals surface area contributed by atoms with Crippen LogP contribution in [0.5, 0.6) is 11.5 Å². The highest BCUT2D eigenvalue weighted by molar-refractivity contribution is 5.94. The summed E-state index contributed by atoms with van der Waals surface area (Å²) >= 11 is 0. The number of methoxy groups -OCH3 is 2. The van der Waals surface area contributed by atoms with Gasteiger partial charge in [-0.3, -0.25) is 9.59 Å². The van der Waals surface area contributed by atoms with Crippen LogP contribution in [0.3, 0.4) is 0 Å². The first-order valence-corrected chi connectivity index (χ1v) is 7.95. The van der Waals surface area contributed by atoms with Crippen molar-refractivity contribution in [2.75, 3.05) is 38.1 Å². The number of hydrogen-bond acceptors (Lipinski definition) is 6. The molecule has 8 heteroatoms. The molecular formula is C19H19N3O5. The van der Waals surface area contributed by atoms with Gasteiger partial charge < -0.3 is 24.8 Å². The van der Waals surface area contributed by atoms with Crippen molar-refractivity contribution in [1.29, 1.82) is 5.26 Å². The molecule has 0 aliphatic rings. The Morgan fingerprint density at radius 3 is 2.22 bits per heavy atom. The van der Waals surface area contributed by atoms with Gasteiger partial charge in [0.15, 0.2) is 0 Å². The summed E-state index contributed by atoms with van der Waals surface area (Å²) in [5.41, 5.74) is 1.50. The summed E-state index contributed by atoms with van der Waals surface area (Å²) in [4.78, 5) is 23.8. The number of carbonyl (C=O) groups is 2. The summed E-state index contributed by atoms with van der Waals surface area (Å²) in [7, 11) is 3.01. The summed E-state index contributed by atoms with van der Waals surface area (Å²) in [5.74, 6) is 0.209. The van der Waals surface area contributed by atoms with E-state index >= 15 is 0 Å². The zero-order valence-electron chi connectivity index (χ0n) is 14.9. The molecule has 0 unspecified atom stereocenters. The first-order valence-electron chi connectivity index (χ1n) is 7.95. The van der Waals surface area contributed by atoms with Crippen LogP contribution in [0.4, 0.5) is 11.4 Å². The Balaban J connectivity index is 1.78. The van der Waals surface area contributed by atoms with Gasteiger partial charge in [0, 0.05) is 11.8 Å². The smallest absolute Gasteiger partial charge is 0.250 e. The second-order valence-corrected chi connectivity index (χ2v) is 5.34. The van der Waals surface area contributed by atoms with E-state index in [1.54, 1.807) is 42.5 Å². The van der Waals surface area contributed by atoms with E-state index in [4.69, 9.17) is 19.5 Å². The van der Waals surface area contributed by atoms with E-state index in [-0.39, 0.29) is 13.2 Å². The van der Waals surface area contributed by atoms with E-state index in [1.807, 2.05) is 6.07 Å². The molecule has 0 atom stereocenters. The molecule has 0 bridgehead atoms. The monoisotopic (exact) mass is 369 g/mol. The Morgan fingerprint density at radius 1 is 0.963 bits per heavy atom. The van der Waals surface area contributed by atoms with Crippen molar-refractivity contribution in [1.82, 2.24) is 0 Å². The van der Waals surface area contributed by atoms with Crippen LogP contribution in [0.25, 0.3) is 0 Å². The van der Waals surface area contributed by atoms with Crippen molar-refractivity contribution in [3.63, 3.8) is 0 Å². The molecule has 0 aliphatic heterocycles. The lowest BCUT2D eigenvalue weighted by atomic mass is 10.2. The number of benzene rings is 2. The first-order chi connectivity index (χ1) is 13.0. The number of hydrogen-bond donors (Lipinski definition) is 2. The van der Waals surface area contributed by atoms with Gasteiger partial charge in [-0.1, -0.05) is 0 Å². The van der Waals surface area contributed by atoms with Gasteiger partial charge in [0.05, 0.1) is 31.5 Å². The highest BCUT2D eigenvalue weighted by Gasteiger charge is 2.10. The second kappa shape index (κ2) is 9.79. The van der Waals surface area contributed by atoms with Crippen LogP contribution >= 0.6 is 0 Å². The molecule has 0 aromatic heterocycles. The highest BCUT2D eigenvalue weighted by Crippen LogP contribution is 2.28. The van der Waals surface area contributed by atoms with Crippen molar-refractivity contribution < 1.29 is 23.8 Å². The van der Waals surface area contributed by atoms with Gasteiger partial charge in [-0.25, -0.2) is 0 Å². The average Bonchev–Trinajstić information content (AvgIpc) is 2.68. The van der Waals surface area contributed by atoms with Gasteiger partial charge in [-0.2, -0.15) is 5.26 Å². The third-order valence-electron chi connectivity index (χ3n) is 3.45. The van der Waals surface area contributed by atoms with E-state index in [1.165, 1.54) is 14.2 Å². The zero-order valence-corrected chi connectivity index (χ0v) is 14.9. The molecule has 0 radical (unpaired) electrons. The number of nitrogens with one attached hydrogen (secondary N) is 2. The minimum absolute atomic E-state index is 0.285. The summed E-state index contributed by atoms with van der Waals surface area (Å²) in [5, 5.41) is 14.0. The van der Waals surface area contributed by atoms with Gasteiger partial charge in [0.25, 0.3) is 0 Å². The van der Waals surface area contributed by atoms with Crippen LogP contribution < -0.4 is 20.1 Å². The molecule has 140 valence electrons. The number of nitrogens with zero attached hydrogens (tertiary/aromatic N) is 1. The van der Waals surface area contributed by atoms with Gasteiger partial charge in [-0.15, -0.1) is 0 Å². The molecule has 8 nitrogen and oxygen atoms in total. The van der Waals surface area contributed by atoms with E-state index in [2.05, 4.69) is 10.6 Å². The first kappa shape index (κ1) is 19.8. The fourth-order valence-corrected chi connectivity index (χ4v) is 2.15. The van der Waals surface area contributed by atoms with E-state index < -0.39 is 11.8 Å². The van der Waals surface area contributed by atoms with E-state index in [0.717, 1.165) is 0 Å². The Bertz CT molecular complexity index is 843. The normalized spacial score (nSPS) is 9.81. The molecule has 2 aromatic rings. The molecule has 0 saturated carbocycles. The fourth-order valence-electron chi connectivity index (χ4n) is 2.15. The number of rotatable bonds is 8. The van der Waals surface area contributed by atoms with Crippen molar-refractivity contribution >= 4 is 23.2 Å². The van der Waals surface area contributed by atoms with Gasteiger partial charge >= 0.3 is 0 Å². The van der Waals surface area contributed by atoms with Crippen molar-refractivity contribution in [3.05, 3.63) is 48.0 Å². The minimum Gasteiger partial charge on any atom is -0.497 e. The van der Waals surface area contributed by atoms with Crippen LogP contribution in [0.15, 0.2) is 42.5 Å². The van der Waals surface area contributed by atoms with Gasteiger partial charge in [0.2, 0.25) is 11.8 Å². The predicted molar refractivity (Wildman–Crippen MR) is 98.8 cm³/mol. The van der Waals surface area contributed by atoms with Crippen molar-refractivity contribution in [2.24, 2.45) is 0 Å². The zero-order chi connectivity index (χ0) is 19.6. The Labute approximate surface area is 156 Å². The summed E-state index contributed by atoms with van der Waals surface area (Å²) in [6.45, 7) is -0.580. The molecular weight excluding hydrogens is 350 g/mol. The van der Waals surface area contributed by atoms with Gasteiger partial charge in [-0.05, 0) is 36.4 Å². The maximum absolute atomic E-state index is 12.0. The standard InChI is InChI=1S/C19H19N3O5/c1-25-15-7-8-16(17(9-15)26-2)22-19(24)12-27-11-18(23)21-14-5-3-13(10-20)4-6-14/h3-9H,11-12H2,1-2H3,(H,21,23)(H,22,24). The minimum atomic E-state index is -0.426. The second-order valence-electron chi connectivity index (χ2n) is 5.34. The summed E-state index contributed by atoms with van der Waals surface area (Å²) in [6, 6.07) is 13.4. The molecule has 2 amide bonds. The Morgan fingerprint density at radius 2 is 1.63 bits per heavy atom. The molecule has 0 aliphatic carbocycles. The lowest BCUT2D eigenvalue weighted by molar-refractivity contribution is -0.125. The fraction of sp³-hybridized carbons (Fsp3) is 0.211. The number of nitriles is 1. The maximum Gasteiger partial charge on any atom is 0.250 e. The molecule has 0 heterocycles. The third kappa shape index (κ3) is 6.02. The molecule has 0 spiro atoms. The number of anilines is 2. The number of amides is 2.